The summed E-state index contributed by atoms with van der Waals surface area (Å²) in [6.07, 6.45) is -2.05. The van der Waals surface area contributed by atoms with Gasteiger partial charge in [-0.3, -0.25) is 19.4 Å². The average molecular weight is 842 g/mol. The number of likely N-dealkylation sites (N-methyl/N-ethyl adjacent to an activating group) is 1. The molecule has 3 aliphatic rings. The second-order valence-corrected chi connectivity index (χ2v) is 17.1. The molecule has 5 heterocycles. The fourth-order valence-corrected chi connectivity index (χ4v) is 8.65. The molecule has 0 radical (unpaired) electrons. The number of Topliss-reactive ketones (excluding diaryl/α,β-unsaturated/α-hetero) is 1. The first-order valence-corrected chi connectivity index (χ1v) is 20.7. The smallest absolute Gasteiger partial charge is 0.316 e. The van der Waals surface area contributed by atoms with Crippen LogP contribution in [0.1, 0.15) is 87.3 Å². The van der Waals surface area contributed by atoms with Crippen LogP contribution >= 0.6 is 0 Å². The normalized spacial score (nSPS) is 35.7. The number of aliphatic hydroxyl groups is 2. The number of aromatic nitrogens is 2. The summed E-state index contributed by atoms with van der Waals surface area (Å²) < 4.78 is 37.6. The Balaban J connectivity index is 1.64. The monoisotopic (exact) mass is 841 g/mol. The van der Waals surface area contributed by atoms with E-state index in [1.807, 2.05) is 38.9 Å². The van der Waals surface area contributed by atoms with E-state index in [4.69, 9.17) is 33.0 Å². The first-order valence-electron chi connectivity index (χ1n) is 20.7. The van der Waals surface area contributed by atoms with Crippen molar-refractivity contribution in [3.8, 4) is 11.3 Å². The largest absolute Gasteiger partial charge is 0.459 e. The molecule has 1 fully saturated rings. The lowest BCUT2D eigenvalue weighted by Crippen LogP contribution is -2.59. The van der Waals surface area contributed by atoms with Crippen molar-refractivity contribution in [3.63, 3.8) is 0 Å². The predicted molar refractivity (Wildman–Crippen MR) is 218 cm³/mol. The zero-order chi connectivity index (χ0) is 44.1. The maximum Gasteiger partial charge on any atom is 0.316 e. The van der Waals surface area contributed by atoms with Crippen molar-refractivity contribution in [2.45, 2.75) is 142 Å². The molecule has 0 aromatic carbocycles. The van der Waals surface area contributed by atoms with Gasteiger partial charge in [0.05, 0.1) is 42.9 Å². The number of rotatable bonds is 9. The number of carbonyl (C=O) groups is 3. The van der Waals surface area contributed by atoms with Gasteiger partial charge in [0.15, 0.2) is 24.4 Å². The topological polar surface area (TPSA) is 214 Å². The summed E-state index contributed by atoms with van der Waals surface area (Å²) in [6.45, 7) is 14.6. The minimum atomic E-state index is -1.88. The number of nitrogens with one attached hydrogen (secondary N) is 1. The molecule has 2 aromatic heterocycles. The van der Waals surface area contributed by atoms with E-state index in [9.17, 15) is 24.6 Å². The van der Waals surface area contributed by atoms with Crippen LogP contribution < -0.4 is 5.32 Å². The standard InChI is InChI=1S/C43H63N5O12/c1-12-34-43(9,53)39-25(4)35(46-28(7)49)23(2)18-42(8,55-21-31(20-54-39)47-56-22-30-14-13-29(19-44-30)33-15-16-45-60-33)38(26(5)36(50)27(6)40(52)58-34)59-41-37(51)32(48(10)11)17-24(3)57-41/h13-16,19,23-24,26-27,32,34,37-39,41,51,53H,12,17-18,20-22H2,1-11H3,(H,46,49)/t23-,24-,26+,27-,32+,34-,37-,38-,39-,41+,42-,43-/m1/s1. The Morgan fingerprint density at radius 2 is 1.85 bits per heavy atom. The number of nitrogens with zero attached hydrogens (tertiary/aromatic N) is 4. The third kappa shape index (κ3) is 10.7. The van der Waals surface area contributed by atoms with Gasteiger partial charge in [0.1, 0.15) is 35.5 Å². The van der Waals surface area contributed by atoms with Gasteiger partial charge in [0.25, 0.3) is 0 Å². The van der Waals surface area contributed by atoms with Crippen LogP contribution in [0.2, 0.25) is 0 Å². The van der Waals surface area contributed by atoms with Crippen LogP contribution in [0.15, 0.2) is 51.5 Å². The third-order valence-electron chi connectivity index (χ3n) is 11.9. The van der Waals surface area contributed by atoms with Crippen LogP contribution in [0.4, 0.5) is 0 Å². The first kappa shape index (κ1) is 47.0. The highest BCUT2D eigenvalue weighted by atomic mass is 16.7. The van der Waals surface area contributed by atoms with Crippen molar-refractivity contribution >= 4 is 23.4 Å². The Morgan fingerprint density at radius 1 is 1.12 bits per heavy atom. The minimum Gasteiger partial charge on any atom is -0.459 e. The van der Waals surface area contributed by atoms with Crippen LogP contribution in [0.3, 0.4) is 0 Å². The van der Waals surface area contributed by atoms with Crippen molar-refractivity contribution in [1.82, 2.24) is 20.4 Å². The number of fused-ring (bicyclic) bond motifs is 4. The van der Waals surface area contributed by atoms with E-state index in [1.54, 1.807) is 52.2 Å². The molecule has 2 aromatic rings. The molecule has 2 bridgehead atoms. The summed E-state index contributed by atoms with van der Waals surface area (Å²) in [5, 5.41) is 35.2. The Morgan fingerprint density at radius 3 is 2.47 bits per heavy atom. The Bertz CT molecular complexity index is 1850. The molecule has 17 nitrogen and oxygen atoms in total. The van der Waals surface area contributed by atoms with Crippen molar-refractivity contribution < 1.29 is 57.6 Å². The van der Waals surface area contributed by atoms with Gasteiger partial charge in [-0.25, -0.2) is 0 Å². The molecule has 3 N–H and O–H groups in total. The molecule has 5 rings (SSSR count). The van der Waals surface area contributed by atoms with E-state index >= 15 is 0 Å². The molecule has 0 unspecified atom stereocenters. The highest BCUT2D eigenvalue weighted by Crippen LogP contribution is 2.40. The van der Waals surface area contributed by atoms with Gasteiger partial charge in [0, 0.05) is 42.4 Å². The van der Waals surface area contributed by atoms with E-state index in [0.29, 0.717) is 29.1 Å². The number of ketones is 1. The molecule has 1 amide bonds. The summed E-state index contributed by atoms with van der Waals surface area (Å²) >= 11 is 0. The highest BCUT2D eigenvalue weighted by Gasteiger charge is 2.52. The predicted octanol–water partition coefficient (Wildman–Crippen LogP) is 3.96. The van der Waals surface area contributed by atoms with Crippen molar-refractivity contribution in [3.05, 3.63) is 47.6 Å². The number of cyclic esters (lactones) is 1. The molecule has 0 spiro atoms. The molecular formula is C43H63N5O12. The second kappa shape index (κ2) is 19.7. The maximum absolute atomic E-state index is 14.5. The summed E-state index contributed by atoms with van der Waals surface area (Å²) in [5.41, 5.74) is -0.802. The van der Waals surface area contributed by atoms with E-state index < -0.39 is 71.4 Å². The van der Waals surface area contributed by atoms with Gasteiger partial charge in [-0.1, -0.05) is 31.1 Å². The Hall–Kier alpha value is -4.10. The number of carbonyl (C=O) groups excluding carboxylic acids is 3. The van der Waals surface area contributed by atoms with Crippen molar-refractivity contribution in [1.29, 1.82) is 0 Å². The van der Waals surface area contributed by atoms with E-state index in [2.05, 4.69) is 20.6 Å². The average Bonchev–Trinajstić information content (AvgIpc) is 3.74. The van der Waals surface area contributed by atoms with E-state index in [0.717, 1.165) is 5.56 Å². The van der Waals surface area contributed by atoms with Crippen LogP contribution in [-0.2, 0) is 49.5 Å². The number of allylic oxidation sites excluding steroid dienone is 1. The number of pyridine rings is 1. The molecule has 3 aliphatic heterocycles. The summed E-state index contributed by atoms with van der Waals surface area (Å²) in [6, 6.07) is 4.99. The fourth-order valence-electron chi connectivity index (χ4n) is 8.65. The van der Waals surface area contributed by atoms with Gasteiger partial charge in [0.2, 0.25) is 5.91 Å². The molecule has 1 saturated heterocycles. The summed E-state index contributed by atoms with van der Waals surface area (Å²) in [7, 11) is 3.73. The number of oxime groups is 1. The number of ether oxygens (including phenoxy) is 5. The van der Waals surface area contributed by atoms with Gasteiger partial charge >= 0.3 is 5.97 Å². The van der Waals surface area contributed by atoms with E-state index in [-0.39, 0.29) is 56.4 Å². The van der Waals surface area contributed by atoms with E-state index in [1.165, 1.54) is 20.8 Å². The third-order valence-corrected chi connectivity index (χ3v) is 11.9. The number of esters is 1. The lowest BCUT2D eigenvalue weighted by atomic mass is 9.76. The molecule has 17 heteroatoms. The number of hydrogen-bond acceptors (Lipinski definition) is 16. The van der Waals surface area contributed by atoms with Crippen molar-refractivity contribution in [2.24, 2.45) is 22.9 Å². The highest BCUT2D eigenvalue weighted by molar-refractivity contribution is 6.00. The Labute approximate surface area is 352 Å². The summed E-state index contributed by atoms with van der Waals surface area (Å²) in [5.74, 6) is -3.96. The van der Waals surface area contributed by atoms with Gasteiger partial charge < -0.3 is 53.5 Å². The molecule has 12 atom stereocenters. The SMILES string of the molecule is CC[C@H]1OC(=O)[C@H](C)C(=O)[C@H](C)[C@@H](O[C@@H]2O[C@H](C)C[C@H](N(C)C)[C@H]2O)[C@@]2(C)C[C@@H](C)C(NC(C)=O)=C(C)[C@@H](OCC(=NOCc3ccc(-c4ccno4)cn3)CO2)[C@]1(C)O. The van der Waals surface area contributed by atoms with Crippen LogP contribution in [0, 0.1) is 17.8 Å². The van der Waals surface area contributed by atoms with Crippen LogP contribution in [-0.4, -0.2) is 130 Å². The molecule has 0 saturated carbocycles. The number of aliphatic hydroxyl groups excluding tert-OH is 1. The second-order valence-electron chi connectivity index (χ2n) is 17.1. The molecule has 0 aliphatic carbocycles. The minimum absolute atomic E-state index is 0.0214. The number of hydrogen-bond donors (Lipinski definition) is 3. The van der Waals surface area contributed by atoms with Crippen LogP contribution in [0.25, 0.3) is 11.3 Å². The summed E-state index contributed by atoms with van der Waals surface area (Å²) in [4.78, 5) is 53.5. The Kier molecular flexibility index (Phi) is 15.4. The van der Waals surface area contributed by atoms with Gasteiger partial charge in [-0.15, -0.1) is 0 Å². The molecule has 332 valence electrons. The zero-order valence-corrected chi connectivity index (χ0v) is 36.7. The molecular weight excluding hydrogens is 778 g/mol. The lowest BCUT2D eigenvalue weighted by molar-refractivity contribution is -0.296. The zero-order valence-electron chi connectivity index (χ0n) is 36.7. The van der Waals surface area contributed by atoms with Gasteiger partial charge in [-0.2, -0.15) is 0 Å². The molecule has 60 heavy (non-hydrogen) atoms. The quantitative estimate of drug-likeness (QED) is 0.185. The van der Waals surface area contributed by atoms with Gasteiger partial charge in [-0.05, 0) is 91.6 Å². The number of amides is 1. The van der Waals surface area contributed by atoms with Crippen LogP contribution in [0.5, 0.6) is 0 Å². The first-order chi connectivity index (χ1) is 28.3. The van der Waals surface area contributed by atoms with Crippen molar-refractivity contribution in [2.75, 3.05) is 27.3 Å². The maximum atomic E-state index is 14.5. The fraction of sp³-hybridized carbons (Fsp3) is 0.674. The lowest BCUT2D eigenvalue weighted by Gasteiger charge is -2.47.